The van der Waals surface area contributed by atoms with E-state index >= 15 is 0 Å². The lowest BCUT2D eigenvalue weighted by atomic mass is 9.93. The van der Waals surface area contributed by atoms with E-state index in [1.54, 1.807) is 6.07 Å². The van der Waals surface area contributed by atoms with E-state index in [1.165, 1.54) is 12.1 Å². The highest BCUT2D eigenvalue weighted by Gasteiger charge is 2.31. The summed E-state index contributed by atoms with van der Waals surface area (Å²) in [6.07, 6.45) is 0.414. The first-order valence-corrected chi connectivity index (χ1v) is 6.91. The van der Waals surface area contributed by atoms with E-state index in [4.69, 9.17) is 0 Å². The van der Waals surface area contributed by atoms with Crippen LogP contribution in [0, 0.1) is 5.82 Å². The lowest BCUT2D eigenvalue weighted by Crippen LogP contribution is -2.45. The van der Waals surface area contributed by atoms with Gasteiger partial charge < -0.3 is 5.11 Å². The van der Waals surface area contributed by atoms with Crippen LogP contribution >= 0.6 is 0 Å². The Morgan fingerprint density at radius 2 is 1.95 bits per heavy atom. The summed E-state index contributed by atoms with van der Waals surface area (Å²) in [5, 5.41) is 9.45. The molecular formula is C17H16FNO2. The lowest BCUT2D eigenvalue weighted by molar-refractivity contribution is -0.144. The molecule has 1 aliphatic heterocycles. The van der Waals surface area contributed by atoms with Gasteiger partial charge in [0.05, 0.1) is 0 Å². The molecular weight excluding hydrogens is 269 g/mol. The fraction of sp³-hybridized carbons (Fsp3) is 0.235. The second-order valence-corrected chi connectivity index (χ2v) is 5.36. The minimum atomic E-state index is -0.832. The maximum Gasteiger partial charge on any atom is 0.321 e. The van der Waals surface area contributed by atoms with Crippen LogP contribution in [-0.2, 0) is 24.3 Å². The summed E-state index contributed by atoms with van der Waals surface area (Å²) in [4.78, 5) is 13.4. The topological polar surface area (TPSA) is 40.5 Å². The monoisotopic (exact) mass is 285 g/mol. The van der Waals surface area contributed by atoms with Crippen LogP contribution in [0.1, 0.15) is 16.7 Å². The third-order valence-electron chi connectivity index (χ3n) is 3.91. The van der Waals surface area contributed by atoms with Gasteiger partial charge in [0.2, 0.25) is 0 Å². The molecule has 0 fully saturated rings. The van der Waals surface area contributed by atoms with E-state index in [0.29, 0.717) is 19.5 Å². The number of nitrogens with zero attached hydrogens (tertiary/aromatic N) is 1. The minimum absolute atomic E-state index is 0.276. The van der Waals surface area contributed by atoms with Gasteiger partial charge in [0.1, 0.15) is 11.9 Å². The fourth-order valence-corrected chi connectivity index (χ4v) is 2.83. The fourth-order valence-electron chi connectivity index (χ4n) is 2.83. The SMILES string of the molecule is O=C(O)C1Cc2ccc(F)cc2CN1Cc1ccccc1. The third kappa shape index (κ3) is 2.95. The van der Waals surface area contributed by atoms with Crippen LogP contribution in [0.3, 0.4) is 0 Å². The molecule has 2 aromatic rings. The van der Waals surface area contributed by atoms with Gasteiger partial charge in [-0.3, -0.25) is 9.69 Å². The largest absolute Gasteiger partial charge is 0.480 e. The van der Waals surface area contributed by atoms with E-state index < -0.39 is 12.0 Å². The molecule has 3 nitrogen and oxygen atoms in total. The molecule has 3 rings (SSSR count). The molecule has 0 spiro atoms. The molecule has 108 valence electrons. The predicted octanol–water partition coefficient (Wildman–Crippen LogP) is 2.84. The van der Waals surface area contributed by atoms with Crippen molar-refractivity contribution in [3.8, 4) is 0 Å². The normalized spacial score (nSPS) is 18.2. The first-order chi connectivity index (χ1) is 10.1. The number of hydrogen-bond acceptors (Lipinski definition) is 2. The highest BCUT2D eigenvalue weighted by molar-refractivity contribution is 5.74. The number of benzene rings is 2. The smallest absolute Gasteiger partial charge is 0.321 e. The van der Waals surface area contributed by atoms with E-state index in [1.807, 2.05) is 35.2 Å². The Kier molecular flexibility index (Phi) is 3.71. The van der Waals surface area contributed by atoms with Gasteiger partial charge in [0.15, 0.2) is 0 Å². The second kappa shape index (κ2) is 5.66. The van der Waals surface area contributed by atoms with Crippen LogP contribution < -0.4 is 0 Å². The van der Waals surface area contributed by atoms with Gasteiger partial charge in [-0.15, -0.1) is 0 Å². The summed E-state index contributed by atoms with van der Waals surface area (Å²) in [6.45, 7) is 1.01. The molecule has 0 saturated carbocycles. The number of carboxylic acids is 1. The molecule has 0 saturated heterocycles. The first-order valence-electron chi connectivity index (χ1n) is 6.91. The van der Waals surface area contributed by atoms with Crippen molar-refractivity contribution in [1.29, 1.82) is 0 Å². The number of carboxylic acid groups (broad SMARTS) is 1. The van der Waals surface area contributed by atoms with Crippen molar-refractivity contribution in [2.75, 3.05) is 0 Å². The van der Waals surface area contributed by atoms with Crippen molar-refractivity contribution in [2.45, 2.75) is 25.6 Å². The van der Waals surface area contributed by atoms with Gasteiger partial charge in [0, 0.05) is 13.1 Å². The van der Waals surface area contributed by atoms with Gasteiger partial charge >= 0.3 is 5.97 Å². The maximum atomic E-state index is 13.4. The quantitative estimate of drug-likeness (QED) is 0.942. The Morgan fingerprint density at radius 3 is 2.67 bits per heavy atom. The van der Waals surface area contributed by atoms with Crippen molar-refractivity contribution >= 4 is 5.97 Å². The van der Waals surface area contributed by atoms with Crippen LogP contribution in [0.25, 0.3) is 0 Å². The summed E-state index contributed by atoms with van der Waals surface area (Å²) >= 11 is 0. The van der Waals surface area contributed by atoms with E-state index in [0.717, 1.165) is 16.7 Å². The van der Waals surface area contributed by atoms with Gasteiger partial charge in [-0.1, -0.05) is 36.4 Å². The molecule has 1 aliphatic rings. The molecule has 0 bridgehead atoms. The average Bonchev–Trinajstić information content (AvgIpc) is 2.47. The zero-order valence-corrected chi connectivity index (χ0v) is 11.5. The molecule has 1 atom stereocenters. The number of carbonyl (C=O) groups is 1. The van der Waals surface area contributed by atoms with Crippen LogP contribution in [-0.4, -0.2) is 22.0 Å². The number of halogens is 1. The summed E-state index contributed by atoms with van der Waals surface area (Å²) in [5.41, 5.74) is 2.86. The van der Waals surface area contributed by atoms with E-state index in [2.05, 4.69) is 0 Å². The summed E-state index contributed by atoms with van der Waals surface area (Å²) in [6, 6.07) is 13.8. The number of hydrogen-bond donors (Lipinski definition) is 1. The Balaban J connectivity index is 1.89. The molecule has 0 aliphatic carbocycles. The first kappa shape index (κ1) is 13.8. The number of aliphatic carboxylic acids is 1. The van der Waals surface area contributed by atoms with Crippen LogP contribution in [0.2, 0.25) is 0 Å². The Morgan fingerprint density at radius 1 is 1.19 bits per heavy atom. The van der Waals surface area contributed by atoms with Crippen molar-refractivity contribution in [3.05, 3.63) is 71.0 Å². The Labute approximate surface area is 122 Å². The zero-order chi connectivity index (χ0) is 14.8. The summed E-state index contributed by atoms with van der Waals surface area (Å²) in [7, 11) is 0. The van der Waals surface area contributed by atoms with Crippen LogP contribution in [0.5, 0.6) is 0 Å². The number of rotatable bonds is 3. The zero-order valence-electron chi connectivity index (χ0n) is 11.5. The molecule has 4 heteroatoms. The number of fused-ring (bicyclic) bond motifs is 1. The molecule has 21 heavy (non-hydrogen) atoms. The second-order valence-electron chi connectivity index (χ2n) is 5.36. The average molecular weight is 285 g/mol. The molecule has 0 amide bonds. The third-order valence-corrected chi connectivity index (χ3v) is 3.91. The Bertz CT molecular complexity index is 657. The standard InChI is InChI=1S/C17H16FNO2/c18-15-7-6-13-9-16(17(20)21)19(11-14(13)8-15)10-12-4-2-1-3-5-12/h1-8,16H,9-11H2,(H,20,21). The van der Waals surface area contributed by atoms with Crippen molar-refractivity contribution in [1.82, 2.24) is 4.90 Å². The van der Waals surface area contributed by atoms with Crippen molar-refractivity contribution < 1.29 is 14.3 Å². The van der Waals surface area contributed by atoms with Gasteiger partial charge in [-0.2, -0.15) is 0 Å². The van der Waals surface area contributed by atoms with E-state index in [9.17, 15) is 14.3 Å². The molecule has 1 heterocycles. The highest BCUT2D eigenvalue weighted by atomic mass is 19.1. The highest BCUT2D eigenvalue weighted by Crippen LogP contribution is 2.26. The molecule has 0 aromatic heterocycles. The molecule has 1 N–H and O–H groups in total. The molecule has 1 unspecified atom stereocenters. The van der Waals surface area contributed by atoms with Gasteiger partial charge in [-0.25, -0.2) is 4.39 Å². The van der Waals surface area contributed by atoms with E-state index in [-0.39, 0.29) is 5.82 Å². The van der Waals surface area contributed by atoms with Crippen molar-refractivity contribution in [2.24, 2.45) is 0 Å². The van der Waals surface area contributed by atoms with Crippen molar-refractivity contribution in [3.63, 3.8) is 0 Å². The predicted molar refractivity (Wildman–Crippen MR) is 77.2 cm³/mol. The van der Waals surface area contributed by atoms with Crippen LogP contribution in [0.4, 0.5) is 4.39 Å². The summed E-state index contributed by atoms with van der Waals surface area (Å²) in [5.74, 6) is -1.11. The molecule has 2 aromatic carbocycles. The summed E-state index contributed by atoms with van der Waals surface area (Å²) < 4.78 is 13.4. The minimum Gasteiger partial charge on any atom is -0.480 e. The van der Waals surface area contributed by atoms with Gasteiger partial charge in [0.25, 0.3) is 0 Å². The Hall–Kier alpha value is -2.20. The lowest BCUT2D eigenvalue weighted by Gasteiger charge is -2.34. The maximum absolute atomic E-state index is 13.4. The van der Waals surface area contributed by atoms with Gasteiger partial charge in [-0.05, 0) is 35.2 Å². The van der Waals surface area contributed by atoms with Crippen LogP contribution in [0.15, 0.2) is 48.5 Å². The molecule has 0 radical (unpaired) electrons.